The van der Waals surface area contributed by atoms with Gasteiger partial charge in [-0.25, -0.2) is 0 Å². The zero-order valence-corrected chi connectivity index (χ0v) is 9.74. The maximum atomic E-state index is 5.42. The van der Waals surface area contributed by atoms with Gasteiger partial charge in [0.25, 0.3) is 0 Å². The number of rotatable bonds is 5. The van der Waals surface area contributed by atoms with E-state index in [0.717, 1.165) is 38.5 Å². The van der Waals surface area contributed by atoms with Gasteiger partial charge in [-0.05, 0) is 18.8 Å². The van der Waals surface area contributed by atoms with Gasteiger partial charge in [0.05, 0.1) is 6.61 Å². The van der Waals surface area contributed by atoms with Gasteiger partial charge >= 0.3 is 0 Å². The minimum absolute atomic E-state index is 0.635. The second kappa shape index (κ2) is 5.96. The molecule has 1 aliphatic rings. The van der Waals surface area contributed by atoms with Crippen LogP contribution in [-0.4, -0.2) is 36.4 Å². The topological polar surface area (TPSA) is 60.2 Å². The van der Waals surface area contributed by atoms with Crippen LogP contribution in [0.15, 0.2) is 4.52 Å². The summed E-state index contributed by atoms with van der Waals surface area (Å²) in [7, 11) is 0. The van der Waals surface area contributed by atoms with E-state index in [1.807, 2.05) is 6.92 Å². The number of aryl methyl sites for hydroxylation is 1. The minimum atomic E-state index is 0.635. The molecule has 5 nitrogen and oxygen atoms in total. The molecular formula is C11H19N3O2. The normalized spacial score (nSPS) is 21.2. The molecule has 5 heteroatoms. The summed E-state index contributed by atoms with van der Waals surface area (Å²) in [5.41, 5.74) is 0. The fraction of sp³-hybridized carbons (Fsp3) is 0.818. The van der Waals surface area contributed by atoms with Crippen molar-refractivity contribution in [2.75, 3.05) is 26.3 Å². The number of nitrogens with zero attached hydrogens (tertiary/aromatic N) is 2. The van der Waals surface area contributed by atoms with Gasteiger partial charge in [-0.2, -0.15) is 4.98 Å². The lowest BCUT2D eigenvalue weighted by molar-refractivity contribution is 0.0549. The van der Waals surface area contributed by atoms with Crippen LogP contribution in [0, 0.1) is 12.8 Å². The fourth-order valence-corrected chi connectivity index (χ4v) is 1.92. The summed E-state index contributed by atoms with van der Waals surface area (Å²) in [4.78, 5) is 4.15. The zero-order valence-electron chi connectivity index (χ0n) is 9.74. The van der Waals surface area contributed by atoms with Crippen molar-refractivity contribution in [3.05, 3.63) is 11.7 Å². The Bertz CT molecular complexity index is 308. The van der Waals surface area contributed by atoms with Crippen molar-refractivity contribution in [3.8, 4) is 0 Å². The van der Waals surface area contributed by atoms with E-state index in [1.165, 1.54) is 12.8 Å². The quantitative estimate of drug-likeness (QED) is 0.756. The third-order valence-electron chi connectivity index (χ3n) is 2.78. The average Bonchev–Trinajstić information content (AvgIpc) is 2.72. The van der Waals surface area contributed by atoms with E-state index in [-0.39, 0.29) is 0 Å². The lowest BCUT2D eigenvalue weighted by atomic mass is 10.0. The fourth-order valence-electron chi connectivity index (χ4n) is 1.92. The van der Waals surface area contributed by atoms with Crippen LogP contribution in [0.2, 0.25) is 0 Å². The predicted octanol–water partition coefficient (Wildman–Crippen LogP) is 0.937. The van der Waals surface area contributed by atoms with Crippen LogP contribution in [0.4, 0.5) is 0 Å². The van der Waals surface area contributed by atoms with Gasteiger partial charge < -0.3 is 14.6 Å². The van der Waals surface area contributed by atoms with E-state index in [0.29, 0.717) is 11.8 Å². The molecule has 90 valence electrons. The molecule has 1 N–H and O–H groups in total. The lowest BCUT2D eigenvalue weighted by Gasteiger charge is -2.22. The molecule has 2 heterocycles. The summed E-state index contributed by atoms with van der Waals surface area (Å²) >= 11 is 0. The first-order valence-corrected chi connectivity index (χ1v) is 5.92. The van der Waals surface area contributed by atoms with Crippen molar-refractivity contribution in [2.24, 2.45) is 5.92 Å². The van der Waals surface area contributed by atoms with Crippen molar-refractivity contribution < 1.29 is 9.26 Å². The Morgan fingerprint density at radius 1 is 1.50 bits per heavy atom. The molecule has 0 saturated carbocycles. The predicted molar refractivity (Wildman–Crippen MR) is 59.2 cm³/mol. The van der Waals surface area contributed by atoms with E-state index in [9.17, 15) is 0 Å². The Morgan fingerprint density at radius 2 is 2.44 bits per heavy atom. The smallest absolute Gasteiger partial charge is 0.223 e. The van der Waals surface area contributed by atoms with Gasteiger partial charge in [0.1, 0.15) is 0 Å². The molecule has 0 radical (unpaired) electrons. The molecule has 1 aromatic heterocycles. The Hall–Kier alpha value is -0.940. The zero-order chi connectivity index (χ0) is 11.2. The first-order valence-electron chi connectivity index (χ1n) is 5.92. The van der Waals surface area contributed by atoms with Crippen LogP contribution in [-0.2, 0) is 11.2 Å². The standard InChI is InChI=1S/C11H19N3O2/c1-9-13-11(14-16-9)4-5-12-7-10-3-2-6-15-8-10/h10,12H,2-8H2,1H3. The number of ether oxygens (including phenoxy) is 1. The average molecular weight is 225 g/mol. The molecule has 1 fully saturated rings. The molecule has 1 aliphatic heterocycles. The van der Waals surface area contributed by atoms with Crippen molar-refractivity contribution in [1.29, 1.82) is 0 Å². The summed E-state index contributed by atoms with van der Waals surface area (Å²) < 4.78 is 10.3. The van der Waals surface area contributed by atoms with Crippen molar-refractivity contribution >= 4 is 0 Å². The summed E-state index contributed by atoms with van der Waals surface area (Å²) in [6, 6.07) is 0. The molecule has 0 spiro atoms. The third-order valence-corrected chi connectivity index (χ3v) is 2.78. The molecule has 0 aromatic carbocycles. The Kier molecular flexibility index (Phi) is 4.30. The van der Waals surface area contributed by atoms with Crippen molar-refractivity contribution in [1.82, 2.24) is 15.5 Å². The molecule has 0 amide bonds. The van der Waals surface area contributed by atoms with Crippen LogP contribution < -0.4 is 5.32 Å². The van der Waals surface area contributed by atoms with E-state index in [4.69, 9.17) is 9.26 Å². The monoisotopic (exact) mass is 225 g/mol. The van der Waals surface area contributed by atoms with Crippen molar-refractivity contribution in [3.63, 3.8) is 0 Å². The maximum Gasteiger partial charge on any atom is 0.223 e. The van der Waals surface area contributed by atoms with Gasteiger partial charge in [0.15, 0.2) is 5.82 Å². The Labute approximate surface area is 95.6 Å². The van der Waals surface area contributed by atoms with Gasteiger partial charge in [-0.15, -0.1) is 0 Å². The molecule has 1 aromatic rings. The summed E-state index contributed by atoms with van der Waals surface area (Å²) in [5.74, 6) is 2.08. The van der Waals surface area contributed by atoms with E-state index < -0.39 is 0 Å². The number of hydrogen-bond donors (Lipinski definition) is 1. The highest BCUT2D eigenvalue weighted by atomic mass is 16.5. The highest BCUT2D eigenvalue weighted by molar-refractivity contribution is 4.84. The van der Waals surface area contributed by atoms with Crippen LogP contribution in [0.5, 0.6) is 0 Å². The number of aromatic nitrogens is 2. The lowest BCUT2D eigenvalue weighted by Crippen LogP contribution is -2.30. The van der Waals surface area contributed by atoms with Crippen LogP contribution in [0.25, 0.3) is 0 Å². The molecule has 1 atom stereocenters. The maximum absolute atomic E-state index is 5.42. The molecular weight excluding hydrogens is 206 g/mol. The SMILES string of the molecule is Cc1nc(CCNCC2CCCOC2)no1. The summed E-state index contributed by atoms with van der Waals surface area (Å²) in [5, 5.41) is 7.26. The third kappa shape index (κ3) is 3.57. The van der Waals surface area contributed by atoms with E-state index >= 15 is 0 Å². The summed E-state index contributed by atoms with van der Waals surface area (Å²) in [6.07, 6.45) is 3.29. The largest absolute Gasteiger partial charge is 0.381 e. The molecule has 1 saturated heterocycles. The van der Waals surface area contributed by atoms with Crippen LogP contribution >= 0.6 is 0 Å². The van der Waals surface area contributed by atoms with Crippen LogP contribution in [0.1, 0.15) is 24.6 Å². The number of nitrogens with one attached hydrogen (secondary N) is 1. The second-order valence-corrected chi connectivity index (χ2v) is 4.27. The number of hydrogen-bond acceptors (Lipinski definition) is 5. The highest BCUT2D eigenvalue weighted by Gasteiger charge is 2.13. The first-order chi connectivity index (χ1) is 7.84. The van der Waals surface area contributed by atoms with Gasteiger partial charge in [0, 0.05) is 33.0 Å². The second-order valence-electron chi connectivity index (χ2n) is 4.27. The highest BCUT2D eigenvalue weighted by Crippen LogP contribution is 2.11. The molecule has 1 unspecified atom stereocenters. The molecule has 16 heavy (non-hydrogen) atoms. The molecule has 0 aliphatic carbocycles. The van der Waals surface area contributed by atoms with E-state index in [2.05, 4.69) is 15.5 Å². The van der Waals surface area contributed by atoms with Gasteiger partial charge in [0.2, 0.25) is 5.89 Å². The van der Waals surface area contributed by atoms with Crippen LogP contribution in [0.3, 0.4) is 0 Å². The van der Waals surface area contributed by atoms with Gasteiger partial charge in [-0.3, -0.25) is 0 Å². The van der Waals surface area contributed by atoms with Crippen molar-refractivity contribution in [2.45, 2.75) is 26.2 Å². The Morgan fingerprint density at radius 3 is 3.12 bits per heavy atom. The minimum Gasteiger partial charge on any atom is -0.381 e. The first kappa shape index (κ1) is 11.5. The molecule has 0 bridgehead atoms. The molecule has 2 rings (SSSR count). The Balaban J connectivity index is 1.57. The summed E-state index contributed by atoms with van der Waals surface area (Å²) in [6.45, 7) is 5.56. The van der Waals surface area contributed by atoms with E-state index in [1.54, 1.807) is 0 Å². The van der Waals surface area contributed by atoms with Gasteiger partial charge in [-0.1, -0.05) is 5.16 Å².